The molecule has 0 saturated heterocycles. The highest BCUT2D eigenvalue weighted by atomic mass is 35.5. The van der Waals surface area contributed by atoms with Crippen molar-refractivity contribution in [1.29, 1.82) is 0 Å². The highest BCUT2D eigenvalue weighted by Gasteiger charge is 2.14. The van der Waals surface area contributed by atoms with Crippen LogP contribution in [0.25, 0.3) is 22.6 Å². The molecule has 0 spiro atoms. The van der Waals surface area contributed by atoms with E-state index < -0.39 is 0 Å². The number of carbonyl (C=O) groups is 1. The van der Waals surface area contributed by atoms with Crippen LogP contribution in [0.3, 0.4) is 0 Å². The predicted octanol–water partition coefficient (Wildman–Crippen LogP) is 4.62. The molecule has 6 heteroatoms. The Morgan fingerprint density at radius 3 is 2.52 bits per heavy atom. The molecule has 1 aromatic heterocycles. The monoisotopic (exact) mass is 321 g/mol. The normalized spacial score (nSPS) is 10.8. The van der Waals surface area contributed by atoms with Crippen molar-refractivity contribution in [3.05, 3.63) is 45.9 Å². The summed E-state index contributed by atoms with van der Waals surface area (Å²) in [6.07, 6.45) is 0.759. The lowest BCUT2D eigenvalue weighted by atomic mass is 10.2. The molecule has 0 aliphatic carbocycles. The Balaban J connectivity index is 2.14. The molecular formula is C15H9Cl2NO3. The summed E-state index contributed by atoms with van der Waals surface area (Å²) in [5, 5.41) is 0.742. The van der Waals surface area contributed by atoms with Crippen LogP contribution >= 0.6 is 23.2 Å². The summed E-state index contributed by atoms with van der Waals surface area (Å²) in [5.41, 5.74) is 2.35. The van der Waals surface area contributed by atoms with E-state index in [-0.39, 0.29) is 0 Å². The van der Waals surface area contributed by atoms with Crippen molar-refractivity contribution < 1.29 is 13.9 Å². The Kier molecular flexibility index (Phi) is 3.57. The van der Waals surface area contributed by atoms with Crippen molar-refractivity contribution in [2.45, 2.75) is 0 Å². The molecule has 0 aliphatic heterocycles. The van der Waals surface area contributed by atoms with E-state index in [0.29, 0.717) is 43.9 Å². The van der Waals surface area contributed by atoms with Gasteiger partial charge in [-0.1, -0.05) is 23.2 Å². The fraction of sp³-hybridized carbons (Fsp3) is 0.0667. The zero-order valence-electron chi connectivity index (χ0n) is 10.9. The van der Waals surface area contributed by atoms with Gasteiger partial charge in [0.05, 0.1) is 17.2 Å². The first-order valence-corrected chi connectivity index (χ1v) is 6.77. The number of aromatic nitrogens is 1. The van der Waals surface area contributed by atoms with Crippen molar-refractivity contribution in [2.75, 3.05) is 7.11 Å². The Bertz CT molecular complexity index is 819. The zero-order valence-corrected chi connectivity index (χ0v) is 12.4. The smallest absolute Gasteiger partial charge is 0.227 e. The summed E-state index contributed by atoms with van der Waals surface area (Å²) in [5.74, 6) is 0.779. The minimum absolute atomic E-state index is 0.371. The van der Waals surface area contributed by atoms with Gasteiger partial charge in [-0.05, 0) is 30.3 Å². The second-order valence-corrected chi connectivity index (χ2v) is 5.15. The third kappa shape index (κ3) is 2.48. The van der Waals surface area contributed by atoms with Gasteiger partial charge in [0.1, 0.15) is 11.8 Å². The number of oxazole rings is 1. The van der Waals surface area contributed by atoms with E-state index in [9.17, 15) is 4.79 Å². The van der Waals surface area contributed by atoms with E-state index in [1.54, 1.807) is 30.3 Å². The maximum absolute atomic E-state index is 10.8. The van der Waals surface area contributed by atoms with Gasteiger partial charge in [0.2, 0.25) is 5.89 Å². The molecule has 21 heavy (non-hydrogen) atoms. The highest BCUT2D eigenvalue weighted by molar-refractivity contribution is 6.37. The molecule has 0 aliphatic rings. The first-order valence-electron chi connectivity index (χ1n) is 6.01. The van der Waals surface area contributed by atoms with Crippen molar-refractivity contribution in [1.82, 2.24) is 4.98 Å². The number of benzene rings is 2. The summed E-state index contributed by atoms with van der Waals surface area (Å²) in [7, 11) is 1.49. The molecule has 0 amide bonds. The summed E-state index contributed by atoms with van der Waals surface area (Å²) in [4.78, 5) is 15.1. The Hall–Kier alpha value is -2.04. The average molecular weight is 322 g/mol. The lowest BCUT2D eigenvalue weighted by Gasteiger charge is -2.06. The van der Waals surface area contributed by atoms with Gasteiger partial charge in [-0.3, -0.25) is 4.79 Å². The second kappa shape index (κ2) is 5.39. The molecule has 2 aromatic carbocycles. The van der Waals surface area contributed by atoms with Gasteiger partial charge in [0, 0.05) is 11.1 Å². The van der Waals surface area contributed by atoms with Crippen molar-refractivity contribution in [3.63, 3.8) is 0 Å². The molecule has 0 saturated carbocycles. The van der Waals surface area contributed by atoms with Gasteiger partial charge in [-0.15, -0.1) is 0 Å². The van der Waals surface area contributed by atoms with Crippen LogP contribution in [0.1, 0.15) is 10.4 Å². The van der Waals surface area contributed by atoms with E-state index in [0.717, 1.165) is 6.29 Å². The third-order valence-electron chi connectivity index (χ3n) is 3.00. The second-order valence-electron chi connectivity index (χ2n) is 4.34. The first kappa shape index (κ1) is 13.9. The molecule has 0 unspecified atom stereocenters. The molecular weight excluding hydrogens is 313 g/mol. The fourth-order valence-corrected chi connectivity index (χ4v) is 2.66. The van der Waals surface area contributed by atoms with E-state index in [4.69, 9.17) is 32.4 Å². The van der Waals surface area contributed by atoms with Crippen LogP contribution in [0.5, 0.6) is 5.75 Å². The number of nitrogens with zero attached hydrogens (tertiary/aromatic N) is 1. The molecule has 0 bridgehead atoms. The van der Waals surface area contributed by atoms with E-state index in [1.807, 2.05) is 0 Å². The lowest BCUT2D eigenvalue weighted by Crippen LogP contribution is -1.87. The zero-order chi connectivity index (χ0) is 15.0. The number of fused-ring (bicyclic) bond motifs is 1. The number of aldehydes is 1. The molecule has 0 atom stereocenters. The molecule has 0 N–H and O–H groups in total. The molecule has 3 aromatic rings. The van der Waals surface area contributed by atoms with Gasteiger partial charge < -0.3 is 9.15 Å². The van der Waals surface area contributed by atoms with Crippen LogP contribution in [0.15, 0.2) is 34.7 Å². The van der Waals surface area contributed by atoms with Crippen molar-refractivity contribution in [2.24, 2.45) is 0 Å². The Morgan fingerprint density at radius 2 is 1.90 bits per heavy atom. The van der Waals surface area contributed by atoms with Crippen molar-refractivity contribution >= 4 is 40.6 Å². The number of hydrogen-bond acceptors (Lipinski definition) is 4. The quantitative estimate of drug-likeness (QED) is 0.660. The number of methoxy groups -OCH3 is 1. The fourth-order valence-electron chi connectivity index (χ4n) is 2.02. The van der Waals surface area contributed by atoms with E-state index >= 15 is 0 Å². The maximum Gasteiger partial charge on any atom is 0.227 e. The largest absolute Gasteiger partial charge is 0.494 e. The molecule has 0 fully saturated rings. The van der Waals surface area contributed by atoms with Crippen LogP contribution in [0, 0.1) is 0 Å². The van der Waals surface area contributed by atoms with E-state index in [1.165, 1.54) is 7.11 Å². The van der Waals surface area contributed by atoms with Crippen LogP contribution in [0.2, 0.25) is 10.0 Å². The molecule has 4 nitrogen and oxygen atoms in total. The first-order chi connectivity index (χ1) is 10.1. The van der Waals surface area contributed by atoms with Crippen LogP contribution in [0.4, 0.5) is 0 Å². The standard InChI is InChI=1S/C15H9Cl2NO3/c1-20-14-10(16)5-9(6-11(14)17)15-18-12-4-8(7-19)2-3-13(12)21-15/h2-7H,1H3. The topological polar surface area (TPSA) is 52.3 Å². The minimum Gasteiger partial charge on any atom is -0.494 e. The van der Waals surface area contributed by atoms with Gasteiger partial charge >= 0.3 is 0 Å². The lowest BCUT2D eigenvalue weighted by molar-refractivity contribution is 0.112. The molecule has 1 heterocycles. The van der Waals surface area contributed by atoms with Gasteiger partial charge in [0.25, 0.3) is 0 Å². The SMILES string of the molecule is COc1c(Cl)cc(-c2nc3cc(C=O)ccc3o2)cc1Cl. The predicted molar refractivity (Wildman–Crippen MR) is 81.4 cm³/mol. The average Bonchev–Trinajstić information content (AvgIpc) is 2.89. The van der Waals surface area contributed by atoms with Crippen molar-refractivity contribution in [3.8, 4) is 17.2 Å². The molecule has 106 valence electrons. The number of ether oxygens (including phenoxy) is 1. The third-order valence-corrected chi connectivity index (χ3v) is 3.56. The Morgan fingerprint density at radius 1 is 1.19 bits per heavy atom. The summed E-state index contributed by atoms with van der Waals surface area (Å²) in [6.45, 7) is 0. The number of halogens is 2. The maximum atomic E-state index is 10.8. The summed E-state index contributed by atoms with van der Waals surface area (Å²) >= 11 is 12.2. The van der Waals surface area contributed by atoms with Crippen LogP contribution in [-0.2, 0) is 0 Å². The molecule has 3 rings (SSSR count). The van der Waals surface area contributed by atoms with Crippen LogP contribution in [-0.4, -0.2) is 18.4 Å². The highest BCUT2D eigenvalue weighted by Crippen LogP contribution is 2.37. The number of rotatable bonds is 3. The minimum atomic E-state index is 0.371. The summed E-state index contributed by atoms with van der Waals surface area (Å²) < 4.78 is 10.8. The Labute approximate surface area is 130 Å². The van der Waals surface area contributed by atoms with Gasteiger partial charge in [0.15, 0.2) is 11.3 Å². The molecule has 0 radical (unpaired) electrons. The van der Waals surface area contributed by atoms with Crippen LogP contribution < -0.4 is 4.74 Å². The van der Waals surface area contributed by atoms with Gasteiger partial charge in [-0.2, -0.15) is 0 Å². The summed E-state index contributed by atoms with van der Waals surface area (Å²) in [6, 6.07) is 8.35. The van der Waals surface area contributed by atoms with Gasteiger partial charge in [-0.25, -0.2) is 4.98 Å². The number of carbonyl (C=O) groups excluding carboxylic acids is 1. The number of hydrogen-bond donors (Lipinski definition) is 0. The van der Waals surface area contributed by atoms with E-state index in [2.05, 4.69) is 4.98 Å².